The number of urea groups is 1. The van der Waals surface area contributed by atoms with Crippen molar-refractivity contribution in [1.82, 2.24) is 15.1 Å². The van der Waals surface area contributed by atoms with Crippen LogP contribution in [-0.4, -0.2) is 55.1 Å². The van der Waals surface area contributed by atoms with Gasteiger partial charge in [0.25, 0.3) is 0 Å². The lowest BCUT2D eigenvalue weighted by Gasteiger charge is -2.29. The molecule has 0 aromatic heterocycles. The van der Waals surface area contributed by atoms with Crippen LogP contribution in [-0.2, 0) is 0 Å². The second-order valence-electron chi connectivity index (χ2n) is 4.93. The Balaban J connectivity index is 1.76. The first kappa shape index (κ1) is 10.7. The molecule has 1 atom stereocenters. The summed E-state index contributed by atoms with van der Waals surface area (Å²) in [4.78, 5) is 16.0. The summed E-state index contributed by atoms with van der Waals surface area (Å²) in [6.45, 7) is 1.78. The average molecular weight is 211 g/mol. The van der Waals surface area contributed by atoms with Gasteiger partial charge in [0.15, 0.2) is 0 Å². The number of hydrogen-bond acceptors (Lipinski definition) is 2. The highest BCUT2D eigenvalue weighted by atomic mass is 16.2. The van der Waals surface area contributed by atoms with E-state index in [-0.39, 0.29) is 6.03 Å². The summed E-state index contributed by atoms with van der Waals surface area (Å²) >= 11 is 0. The minimum atomic E-state index is 0.143. The molecule has 2 aliphatic rings. The fourth-order valence-corrected chi connectivity index (χ4v) is 2.17. The molecule has 0 aromatic carbocycles. The van der Waals surface area contributed by atoms with E-state index < -0.39 is 0 Å². The monoisotopic (exact) mass is 211 g/mol. The van der Waals surface area contributed by atoms with Crippen LogP contribution in [0.4, 0.5) is 4.79 Å². The normalized spacial score (nSPS) is 26.9. The van der Waals surface area contributed by atoms with Gasteiger partial charge >= 0.3 is 6.03 Å². The number of amides is 2. The minimum absolute atomic E-state index is 0.143. The van der Waals surface area contributed by atoms with Crippen LogP contribution in [0.5, 0.6) is 0 Å². The number of hydrogen-bond donors (Lipinski definition) is 1. The second-order valence-corrected chi connectivity index (χ2v) is 4.93. The molecule has 4 nitrogen and oxygen atoms in total. The van der Waals surface area contributed by atoms with Crippen LogP contribution >= 0.6 is 0 Å². The Labute approximate surface area is 91.6 Å². The number of carbonyl (C=O) groups excluding carboxylic acids is 1. The van der Waals surface area contributed by atoms with Crippen LogP contribution < -0.4 is 5.32 Å². The summed E-state index contributed by atoms with van der Waals surface area (Å²) in [5, 5.41) is 3.09. The number of nitrogens with one attached hydrogen (secondary N) is 1. The predicted octanol–water partition coefficient (Wildman–Crippen LogP) is 0.884. The largest absolute Gasteiger partial charge is 0.335 e. The molecule has 86 valence electrons. The molecule has 1 unspecified atom stereocenters. The topological polar surface area (TPSA) is 35.6 Å². The molecular formula is C11H21N3O. The molecule has 15 heavy (non-hydrogen) atoms. The van der Waals surface area contributed by atoms with E-state index >= 15 is 0 Å². The predicted molar refractivity (Wildman–Crippen MR) is 59.8 cm³/mol. The summed E-state index contributed by atoms with van der Waals surface area (Å²) in [6, 6.07) is 1.14. The summed E-state index contributed by atoms with van der Waals surface area (Å²) in [6.07, 6.45) is 4.70. The minimum Gasteiger partial charge on any atom is -0.335 e. The highest BCUT2D eigenvalue weighted by molar-refractivity contribution is 5.75. The van der Waals surface area contributed by atoms with Crippen LogP contribution in [0.1, 0.15) is 25.7 Å². The third kappa shape index (κ3) is 2.43. The van der Waals surface area contributed by atoms with Crippen LogP contribution in [0.2, 0.25) is 0 Å². The molecule has 0 radical (unpaired) electrons. The van der Waals surface area contributed by atoms with Gasteiger partial charge in [0, 0.05) is 25.2 Å². The molecule has 0 spiro atoms. The van der Waals surface area contributed by atoms with Crippen LogP contribution in [0.3, 0.4) is 0 Å². The zero-order chi connectivity index (χ0) is 10.8. The zero-order valence-corrected chi connectivity index (χ0v) is 9.70. The summed E-state index contributed by atoms with van der Waals surface area (Å²) in [5.41, 5.74) is 0. The first-order valence-electron chi connectivity index (χ1n) is 5.88. The molecule has 1 saturated carbocycles. The summed E-state index contributed by atoms with van der Waals surface area (Å²) in [5.74, 6) is 0. The van der Waals surface area contributed by atoms with Gasteiger partial charge in [0.1, 0.15) is 0 Å². The molecule has 0 bridgehead atoms. The quantitative estimate of drug-likeness (QED) is 0.736. The van der Waals surface area contributed by atoms with Crippen molar-refractivity contribution in [2.75, 3.05) is 27.2 Å². The second kappa shape index (κ2) is 4.39. The highest BCUT2D eigenvalue weighted by Gasteiger charge is 2.29. The molecule has 1 saturated heterocycles. The molecule has 2 rings (SSSR count). The van der Waals surface area contributed by atoms with Gasteiger partial charge in [-0.25, -0.2) is 4.79 Å². The van der Waals surface area contributed by atoms with Crippen molar-refractivity contribution in [1.29, 1.82) is 0 Å². The van der Waals surface area contributed by atoms with Gasteiger partial charge in [-0.1, -0.05) is 0 Å². The SMILES string of the molecule is CN(C)C1CCN(C(=O)NC2CCC2)C1. The summed E-state index contributed by atoms with van der Waals surface area (Å²) < 4.78 is 0. The lowest BCUT2D eigenvalue weighted by Crippen LogP contribution is -2.47. The van der Waals surface area contributed by atoms with Crippen molar-refractivity contribution >= 4 is 6.03 Å². The van der Waals surface area contributed by atoms with Gasteiger partial charge in [0.05, 0.1) is 0 Å². The molecule has 2 fully saturated rings. The van der Waals surface area contributed by atoms with Gasteiger partial charge < -0.3 is 15.1 Å². The third-order valence-electron chi connectivity index (χ3n) is 3.61. The molecule has 0 aromatic rings. The van der Waals surface area contributed by atoms with Gasteiger partial charge in [-0.05, 0) is 39.8 Å². The van der Waals surface area contributed by atoms with Crippen LogP contribution in [0.25, 0.3) is 0 Å². The van der Waals surface area contributed by atoms with Crippen molar-refractivity contribution in [3.8, 4) is 0 Å². The maximum atomic E-state index is 11.8. The number of nitrogens with zero attached hydrogens (tertiary/aromatic N) is 2. The summed E-state index contributed by atoms with van der Waals surface area (Å²) in [7, 11) is 4.16. The molecule has 1 heterocycles. The first-order chi connectivity index (χ1) is 7.16. The van der Waals surface area contributed by atoms with E-state index in [0.717, 1.165) is 32.4 Å². The fourth-order valence-electron chi connectivity index (χ4n) is 2.17. The van der Waals surface area contributed by atoms with E-state index in [1.165, 1.54) is 6.42 Å². The van der Waals surface area contributed by atoms with E-state index in [9.17, 15) is 4.79 Å². The molecule has 2 amide bonds. The first-order valence-corrected chi connectivity index (χ1v) is 5.88. The maximum Gasteiger partial charge on any atom is 0.317 e. The Morgan fingerprint density at radius 2 is 2.07 bits per heavy atom. The van der Waals surface area contributed by atoms with E-state index in [0.29, 0.717) is 12.1 Å². The number of likely N-dealkylation sites (N-methyl/N-ethyl adjacent to an activating group) is 1. The molecule has 4 heteroatoms. The van der Waals surface area contributed by atoms with Crippen LogP contribution in [0, 0.1) is 0 Å². The molecule has 1 aliphatic carbocycles. The highest BCUT2D eigenvalue weighted by Crippen LogP contribution is 2.19. The standard InChI is InChI=1S/C11H21N3O/c1-13(2)10-6-7-14(8-10)11(15)12-9-4-3-5-9/h9-10H,3-8H2,1-2H3,(H,12,15). The number of rotatable bonds is 2. The van der Waals surface area contributed by atoms with Gasteiger partial charge in [-0.2, -0.15) is 0 Å². The zero-order valence-electron chi connectivity index (χ0n) is 9.70. The molecule has 1 aliphatic heterocycles. The van der Waals surface area contributed by atoms with E-state index in [1.807, 2.05) is 4.90 Å². The van der Waals surface area contributed by atoms with Gasteiger partial charge in [0.2, 0.25) is 0 Å². The van der Waals surface area contributed by atoms with Gasteiger partial charge in [-0.3, -0.25) is 0 Å². The molecule has 1 N–H and O–H groups in total. The van der Waals surface area contributed by atoms with E-state index in [1.54, 1.807) is 0 Å². The Kier molecular flexibility index (Phi) is 3.14. The van der Waals surface area contributed by atoms with Crippen molar-refractivity contribution < 1.29 is 4.79 Å². The van der Waals surface area contributed by atoms with Crippen LogP contribution in [0.15, 0.2) is 0 Å². The van der Waals surface area contributed by atoms with E-state index in [4.69, 9.17) is 0 Å². The fraction of sp³-hybridized carbons (Fsp3) is 0.909. The van der Waals surface area contributed by atoms with Crippen molar-refractivity contribution in [2.24, 2.45) is 0 Å². The lowest BCUT2D eigenvalue weighted by molar-refractivity contribution is 0.192. The van der Waals surface area contributed by atoms with E-state index in [2.05, 4.69) is 24.3 Å². The third-order valence-corrected chi connectivity index (χ3v) is 3.61. The Morgan fingerprint density at radius 1 is 1.33 bits per heavy atom. The smallest absolute Gasteiger partial charge is 0.317 e. The van der Waals surface area contributed by atoms with Crippen molar-refractivity contribution in [3.05, 3.63) is 0 Å². The van der Waals surface area contributed by atoms with Gasteiger partial charge in [-0.15, -0.1) is 0 Å². The van der Waals surface area contributed by atoms with Crippen molar-refractivity contribution in [3.63, 3.8) is 0 Å². The lowest BCUT2D eigenvalue weighted by atomic mass is 9.93. The Bertz CT molecular complexity index is 238. The number of likely N-dealkylation sites (tertiary alicyclic amines) is 1. The molecular weight excluding hydrogens is 190 g/mol. The maximum absolute atomic E-state index is 11.8. The Morgan fingerprint density at radius 3 is 2.53 bits per heavy atom. The Hall–Kier alpha value is -0.770. The van der Waals surface area contributed by atoms with Crippen molar-refractivity contribution in [2.45, 2.75) is 37.8 Å². The average Bonchev–Trinajstić information content (AvgIpc) is 2.59. The number of carbonyl (C=O) groups is 1.